The van der Waals surface area contributed by atoms with Crippen molar-refractivity contribution >= 4 is 17.8 Å². The molecule has 2 fully saturated rings. The van der Waals surface area contributed by atoms with Gasteiger partial charge in [-0.1, -0.05) is 6.07 Å². The number of cyclic esters (lactones) is 2. The Labute approximate surface area is 186 Å². The summed E-state index contributed by atoms with van der Waals surface area (Å²) in [6, 6.07) is 3.55. The number of carbonyl (C=O) groups is 3. The monoisotopic (exact) mass is 440 g/mol. The van der Waals surface area contributed by atoms with E-state index < -0.39 is 11.5 Å². The van der Waals surface area contributed by atoms with Crippen LogP contribution in [0.2, 0.25) is 0 Å². The summed E-state index contributed by atoms with van der Waals surface area (Å²) in [5.41, 5.74) is 3.45. The molecule has 2 saturated heterocycles. The number of esters is 2. The van der Waals surface area contributed by atoms with Crippen LogP contribution in [-0.4, -0.2) is 65.0 Å². The van der Waals surface area contributed by atoms with E-state index in [9.17, 15) is 19.5 Å². The largest absolute Gasteiger partial charge is 0.457 e. The van der Waals surface area contributed by atoms with Crippen LogP contribution >= 0.6 is 0 Å². The molecule has 0 bridgehead atoms. The highest BCUT2D eigenvalue weighted by molar-refractivity contribution is 5.94. The summed E-state index contributed by atoms with van der Waals surface area (Å²) in [4.78, 5) is 40.5. The smallest absolute Gasteiger partial charge is 0.338 e. The predicted octanol–water partition coefficient (Wildman–Crippen LogP) is 1.84. The molecule has 1 spiro atoms. The van der Waals surface area contributed by atoms with Gasteiger partial charge in [0.05, 0.1) is 22.8 Å². The molecule has 0 aliphatic carbocycles. The van der Waals surface area contributed by atoms with Gasteiger partial charge in [-0.25, -0.2) is 9.59 Å². The first kappa shape index (κ1) is 21.2. The third-order valence-electron chi connectivity index (χ3n) is 7.61. The lowest BCUT2D eigenvalue weighted by molar-refractivity contribution is -0.141. The molecule has 0 aromatic heterocycles. The van der Waals surface area contributed by atoms with Gasteiger partial charge >= 0.3 is 11.9 Å². The lowest BCUT2D eigenvalue weighted by Crippen LogP contribution is -2.45. The minimum absolute atomic E-state index is 0.0910. The normalized spacial score (nSPS) is 25.7. The van der Waals surface area contributed by atoms with Crippen molar-refractivity contribution in [2.45, 2.75) is 51.9 Å². The number of ether oxygens (including phenoxy) is 2. The van der Waals surface area contributed by atoms with E-state index in [2.05, 4.69) is 4.90 Å². The summed E-state index contributed by atoms with van der Waals surface area (Å²) < 4.78 is 10.3. The summed E-state index contributed by atoms with van der Waals surface area (Å²) >= 11 is 0. The number of fused-ring (bicyclic) bond motifs is 1. The maximum absolute atomic E-state index is 13.3. The first-order valence-corrected chi connectivity index (χ1v) is 11.2. The summed E-state index contributed by atoms with van der Waals surface area (Å²) in [6.45, 7) is 6.53. The highest BCUT2D eigenvalue weighted by Gasteiger charge is 2.50. The van der Waals surface area contributed by atoms with Crippen LogP contribution < -0.4 is 0 Å². The molecule has 1 N–H and O–H groups in total. The Hall–Kier alpha value is -2.71. The average molecular weight is 440 g/mol. The lowest BCUT2D eigenvalue weighted by atomic mass is 9.77. The van der Waals surface area contributed by atoms with Gasteiger partial charge in [-0.15, -0.1) is 0 Å². The molecule has 8 nitrogen and oxygen atoms in total. The highest BCUT2D eigenvalue weighted by Crippen LogP contribution is 2.44. The van der Waals surface area contributed by atoms with E-state index in [1.165, 1.54) is 6.08 Å². The van der Waals surface area contributed by atoms with Crippen LogP contribution in [0.25, 0.3) is 0 Å². The summed E-state index contributed by atoms with van der Waals surface area (Å²) in [5, 5.41) is 10.9. The maximum Gasteiger partial charge on any atom is 0.338 e. The third kappa shape index (κ3) is 3.33. The third-order valence-corrected chi connectivity index (χ3v) is 7.61. The van der Waals surface area contributed by atoms with Gasteiger partial charge in [0.25, 0.3) is 0 Å². The number of β-amino-alcohol motifs (C(OH)–C–C–N with tert-alkyl or cyclic N) is 1. The minimum atomic E-state index is -0.673. The molecule has 1 aromatic carbocycles. The van der Waals surface area contributed by atoms with E-state index in [0.717, 1.165) is 49.0 Å². The highest BCUT2D eigenvalue weighted by atomic mass is 16.5. The average Bonchev–Trinajstić information content (AvgIpc) is 3.40. The maximum atomic E-state index is 13.3. The molecule has 1 unspecified atom stereocenters. The summed E-state index contributed by atoms with van der Waals surface area (Å²) in [5.74, 6) is -0.601. The second-order valence-electron chi connectivity index (χ2n) is 9.33. The van der Waals surface area contributed by atoms with Crippen LogP contribution in [0, 0.1) is 12.3 Å². The lowest BCUT2D eigenvalue weighted by Gasteiger charge is -2.39. The standard InChI is InChI=1S/C24H28N2O6/c1-14-16(3-4-17-18(14)13-31-22(17)29)20(27)12-25-8-5-24(6-9-25)7-10-26(23(24)30)19-11-21(28)32-15(19)2/h3-4,11,15,20,27H,5-10,12-13H2,1-2H3/t15?,20-/m1/s1. The second kappa shape index (κ2) is 7.71. The van der Waals surface area contributed by atoms with Crippen molar-refractivity contribution in [3.8, 4) is 0 Å². The van der Waals surface area contributed by atoms with Crippen LogP contribution in [0.1, 0.15) is 59.3 Å². The molecule has 170 valence electrons. The molecule has 4 aliphatic heterocycles. The molecule has 0 saturated carbocycles. The number of hydrogen-bond acceptors (Lipinski definition) is 7. The zero-order valence-electron chi connectivity index (χ0n) is 18.4. The predicted molar refractivity (Wildman–Crippen MR) is 113 cm³/mol. The van der Waals surface area contributed by atoms with Crippen molar-refractivity contribution in [2.24, 2.45) is 5.41 Å². The molecule has 0 radical (unpaired) electrons. The molecule has 4 aliphatic rings. The van der Waals surface area contributed by atoms with E-state index in [0.29, 0.717) is 24.4 Å². The minimum Gasteiger partial charge on any atom is -0.457 e. The van der Waals surface area contributed by atoms with E-state index >= 15 is 0 Å². The number of aliphatic hydroxyl groups excluding tert-OH is 1. The molecular formula is C24H28N2O6. The Morgan fingerprint density at radius 1 is 1.16 bits per heavy atom. The number of likely N-dealkylation sites (tertiary alicyclic amines) is 2. The second-order valence-corrected chi connectivity index (χ2v) is 9.33. The Morgan fingerprint density at radius 3 is 2.56 bits per heavy atom. The van der Waals surface area contributed by atoms with Crippen molar-refractivity contribution in [2.75, 3.05) is 26.2 Å². The Kier molecular flexibility index (Phi) is 5.09. The van der Waals surface area contributed by atoms with Crippen LogP contribution in [0.3, 0.4) is 0 Å². The van der Waals surface area contributed by atoms with E-state index in [-0.39, 0.29) is 30.6 Å². The van der Waals surface area contributed by atoms with Gasteiger partial charge in [0.2, 0.25) is 5.91 Å². The number of piperidine rings is 1. The van der Waals surface area contributed by atoms with Crippen molar-refractivity contribution in [3.05, 3.63) is 46.2 Å². The summed E-state index contributed by atoms with van der Waals surface area (Å²) in [7, 11) is 0. The zero-order valence-corrected chi connectivity index (χ0v) is 18.4. The molecule has 4 heterocycles. The van der Waals surface area contributed by atoms with Crippen molar-refractivity contribution in [3.63, 3.8) is 0 Å². The van der Waals surface area contributed by atoms with Crippen molar-refractivity contribution in [1.82, 2.24) is 9.80 Å². The van der Waals surface area contributed by atoms with Gasteiger partial charge in [0.1, 0.15) is 12.7 Å². The van der Waals surface area contributed by atoms with Crippen molar-refractivity contribution in [1.29, 1.82) is 0 Å². The SMILES string of the molecule is Cc1c([C@H](O)CN2CCC3(CC2)CCN(C2=CC(=O)OC2C)C3=O)ccc2c1COC2=O. The Bertz CT molecular complexity index is 1020. The number of nitrogens with zero attached hydrogens (tertiary/aromatic N) is 2. The molecular weight excluding hydrogens is 412 g/mol. The van der Waals surface area contributed by atoms with E-state index in [4.69, 9.17) is 9.47 Å². The fourth-order valence-electron chi connectivity index (χ4n) is 5.57. The van der Waals surface area contributed by atoms with Crippen LogP contribution in [0.15, 0.2) is 23.9 Å². The molecule has 1 amide bonds. The number of hydrogen-bond donors (Lipinski definition) is 1. The molecule has 32 heavy (non-hydrogen) atoms. The molecule has 1 aromatic rings. The molecule has 2 atom stereocenters. The number of carbonyl (C=O) groups excluding carboxylic acids is 3. The van der Waals surface area contributed by atoms with Crippen LogP contribution in [0.4, 0.5) is 0 Å². The first-order valence-electron chi connectivity index (χ1n) is 11.2. The van der Waals surface area contributed by atoms with Crippen molar-refractivity contribution < 1.29 is 29.0 Å². The number of amides is 1. The topological polar surface area (TPSA) is 96.4 Å². The number of rotatable bonds is 4. The number of aliphatic hydroxyl groups is 1. The first-order chi connectivity index (χ1) is 15.3. The van der Waals surface area contributed by atoms with E-state index in [1.54, 1.807) is 17.9 Å². The fourth-order valence-corrected chi connectivity index (χ4v) is 5.57. The quantitative estimate of drug-likeness (QED) is 0.714. The van der Waals surface area contributed by atoms with Gasteiger partial charge in [0, 0.05) is 24.7 Å². The summed E-state index contributed by atoms with van der Waals surface area (Å²) in [6.07, 6.45) is 2.62. The molecule has 8 heteroatoms. The van der Waals surface area contributed by atoms with E-state index in [1.807, 2.05) is 13.0 Å². The Morgan fingerprint density at radius 2 is 1.88 bits per heavy atom. The van der Waals surface area contributed by atoms with Gasteiger partial charge in [-0.05, 0) is 63.4 Å². The molecule has 5 rings (SSSR count). The van der Waals surface area contributed by atoms with Gasteiger partial charge in [0.15, 0.2) is 0 Å². The van der Waals surface area contributed by atoms with Gasteiger partial charge < -0.3 is 24.4 Å². The van der Waals surface area contributed by atoms with Gasteiger partial charge in [-0.3, -0.25) is 4.79 Å². The fraction of sp³-hybridized carbons (Fsp3) is 0.542. The van der Waals surface area contributed by atoms with Crippen LogP contribution in [0.5, 0.6) is 0 Å². The van der Waals surface area contributed by atoms with Gasteiger partial charge in [-0.2, -0.15) is 0 Å². The van der Waals surface area contributed by atoms with Crippen LogP contribution in [-0.2, 0) is 25.7 Å². The Balaban J connectivity index is 1.22. The number of benzene rings is 1. The zero-order chi connectivity index (χ0) is 22.6.